The molecular formula is C14H13N3O4S2. The Hall–Kier alpha value is -1.89. The molecule has 1 saturated heterocycles. The summed E-state index contributed by atoms with van der Waals surface area (Å²) in [6.07, 6.45) is 8.69. The molecule has 0 N–H and O–H groups in total. The highest BCUT2D eigenvalue weighted by Crippen LogP contribution is 2.35. The van der Waals surface area contributed by atoms with Gasteiger partial charge in [0.05, 0.1) is 11.7 Å². The maximum Gasteiger partial charge on any atom is 0.436 e. The van der Waals surface area contributed by atoms with Crippen LogP contribution in [0.5, 0.6) is 0 Å². The Bertz CT molecular complexity index is 694. The fraction of sp³-hybridized carbons (Fsp3) is 0.429. The minimum absolute atomic E-state index is 0.468. The highest BCUT2D eigenvalue weighted by molar-refractivity contribution is 7.99. The number of rotatable bonds is 5. The van der Waals surface area contributed by atoms with Crippen molar-refractivity contribution in [3.05, 3.63) is 11.8 Å². The number of ether oxygens (including phenoxy) is 1. The lowest BCUT2D eigenvalue weighted by atomic mass is 10.1. The number of hydrogen-bond acceptors (Lipinski definition) is 9. The zero-order chi connectivity index (χ0) is 16.2. The van der Waals surface area contributed by atoms with Crippen molar-refractivity contribution < 1.29 is 19.2 Å². The zero-order valence-corrected chi connectivity index (χ0v) is 13.7. The van der Waals surface area contributed by atoms with E-state index in [1.54, 1.807) is 11.8 Å². The van der Waals surface area contributed by atoms with Gasteiger partial charge in [0.25, 0.3) is 0 Å². The van der Waals surface area contributed by atoms with E-state index in [9.17, 15) is 9.59 Å². The quantitative estimate of drug-likeness (QED) is 0.259. The van der Waals surface area contributed by atoms with Gasteiger partial charge in [-0.25, -0.2) is 9.59 Å². The molecule has 0 amide bonds. The molecule has 0 spiro atoms. The van der Waals surface area contributed by atoms with E-state index in [1.807, 2.05) is 6.08 Å². The number of hydrogen-bond donors (Lipinski definition) is 0. The van der Waals surface area contributed by atoms with Crippen LogP contribution < -0.4 is 0 Å². The number of terminal acetylenes is 1. The molecule has 1 aromatic heterocycles. The van der Waals surface area contributed by atoms with Crippen LogP contribution in [0.25, 0.3) is 5.57 Å². The summed E-state index contributed by atoms with van der Waals surface area (Å²) in [5.74, 6) is 1.44. The number of fused-ring (bicyclic) bond motifs is 1. The van der Waals surface area contributed by atoms with Gasteiger partial charge in [-0.15, -0.1) is 24.1 Å². The molecule has 23 heavy (non-hydrogen) atoms. The summed E-state index contributed by atoms with van der Waals surface area (Å²) in [4.78, 5) is 27.8. The Labute approximate surface area is 141 Å². The normalized spacial score (nSPS) is 21.0. The SMILES string of the molecule is C#CCCCSc1nsnc1C1=CCCN2OC(=O)C(=O)OC12. The van der Waals surface area contributed by atoms with Crippen LogP contribution >= 0.6 is 23.5 Å². The van der Waals surface area contributed by atoms with Crippen molar-refractivity contribution in [1.29, 1.82) is 0 Å². The van der Waals surface area contributed by atoms with Crippen molar-refractivity contribution >= 4 is 41.0 Å². The van der Waals surface area contributed by atoms with E-state index in [1.165, 1.54) is 5.06 Å². The molecule has 2 aliphatic rings. The molecule has 0 saturated carbocycles. The van der Waals surface area contributed by atoms with E-state index in [-0.39, 0.29) is 0 Å². The van der Waals surface area contributed by atoms with Gasteiger partial charge in [0.2, 0.25) is 6.23 Å². The van der Waals surface area contributed by atoms with Gasteiger partial charge in [0, 0.05) is 24.3 Å². The van der Waals surface area contributed by atoms with E-state index >= 15 is 0 Å². The number of unbranched alkanes of at least 4 members (excludes halogenated alkanes) is 1. The standard InChI is InChI=1S/C14H13N3O4S2/c1-2-3-4-8-22-11-10(15-23-16-11)9-6-5-7-17-12(9)20-13(18)14(19)21-17/h1,6,12H,3-5,7-8H2. The number of nitrogens with zero attached hydrogens (tertiary/aromatic N) is 3. The maximum atomic E-state index is 11.5. The molecule has 3 heterocycles. The number of thioether (sulfide) groups is 1. The summed E-state index contributed by atoms with van der Waals surface area (Å²) < 4.78 is 13.8. The van der Waals surface area contributed by atoms with Crippen molar-refractivity contribution in [3.63, 3.8) is 0 Å². The largest absolute Gasteiger partial charge is 0.436 e. The first-order chi connectivity index (χ1) is 11.2. The van der Waals surface area contributed by atoms with Gasteiger partial charge in [0.15, 0.2) is 0 Å². The Morgan fingerprint density at radius 2 is 2.30 bits per heavy atom. The summed E-state index contributed by atoms with van der Waals surface area (Å²) in [6, 6.07) is 0. The predicted molar refractivity (Wildman–Crippen MR) is 84.0 cm³/mol. The highest BCUT2D eigenvalue weighted by atomic mass is 32.2. The maximum absolute atomic E-state index is 11.5. The summed E-state index contributed by atoms with van der Waals surface area (Å²) in [5.41, 5.74) is 1.37. The molecule has 2 aliphatic heterocycles. The van der Waals surface area contributed by atoms with E-state index in [2.05, 4.69) is 14.7 Å². The molecule has 0 bridgehead atoms. The van der Waals surface area contributed by atoms with Gasteiger partial charge in [-0.2, -0.15) is 8.75 Å². The summed E-state index contributed by atoms with van der Waals surface area (Å²) in [6.45, 7) is 0.468. The third-order valence-corrected chi connectivity index (χ3v) is 4.96. The highest BCUT2D eigenvalue weighted by Gasteiger charge is 2.42. The molecule has 0 aromatic carbocycles. The van der Waals surface area contributed by atoms with Crippen LogP contribution in [0.15, 0.2) is 11.1 Å². The lowest BCUT2D eigenvalue weighted by Gasteiger charge is -2.35. The first-order valence-corrected chi connectivity index (χ1v) is 8.71. The molecule has 9 heteroatoms. The molecule has 1 fully saturated rings. The summed E-state index contributed by atoms with van der Waals surface area (Å²) in [7, 11) is 0. The molecule has 1 unspecified atom stereocenters. The molecular weight excluding hydrogens is 338 g/mol. The number of esters is 1. The van der Waals surface area contributed by atoms with Crippen molar-refractivity contribution in [1.82, 2.24) is 13.8 Å². The molecule has 0 radical (unpaired) electrons. The molecule has 3 rings (SSSR count). The first kappa shape index (κ1) is 16.0. The third-order valence-electron chi connectivity index (χ3n) is 3.26. The van der Waals surface area contributed by atoms with Gasteiger partial charge < -0.3 is 9.57 Å². The monoisotopic (exact) mass is 351 g/mol. The van der Waals surface area contributed by atoms with Crippen molar-refractivity contribution in [3.8, 4) is 12.3 Å². The molecule has 1 atom stereocenters. The lowest BCUT2D eigenvalue weighted by molar-refractivity contribution is -0.254. The van der Waals surface area contributed by atoms with Gasteiger partial charge >= 0.3 is 11.9 Å². The fourth-order valence-electron chi connectivity index (χ4n) is 2.24. The van der Waals surface area contributed by atoms with Crippen molar-refractivity contribution in [2.24, 2.45) is 0 Å². The van der Waals surface area contributed by atoms with Gasteiger partial charge in [-0.3, -0.25) is 0 Å². The van der Waals surface area contributed by atoms with Gasteiger partial charge in [-0.05, 0) is 12.8 Å². The molecule has 0 aliphatic carbocycles. The second-order valence-electron chi connectivity index (χ2n) is 4.80. The minimum atomic E-state index is -0.997. The summed E-state index contributed by atoms with van der Waals surface area (Å²) >= 11 is 2.66. The lowest BCUT2D eigenvalue weighted by Crippen LogP contribution is -2.50. The molecule has 7 nitrogen and oxygen atoms in total. The number of aromatic nitrogens is 2. The van der Waals surface area contributed by atoms with Crippen LogP contribution in [-0.2, 0) is 19.2 Å². The minimum Gasteiger partial charge on any atom is -0.430 e. The number of carbonyl (C=O) groups is 2. The molecule has 120 valence electrons. The second-order valence-corrected chi connectivity index (χ2v) is 6.41. The van der Waals surface area contributed by atoms with Crippen LogP contribution in [0.1, 0.15) is 25.0 Å². The zero-order valence-electron chi connectivity index (χ0n) is 12.1. The Morgan fingerprint density at radius 3 is 3.13 bits per heavy atom. The predicted octanol–water partition coefficient (Wildman–Crippen LogP) is 1.47. The molecule has 1 aromatic rings. The first-order valence-electron chi connectivity index (χ1n) is 6.99. The van der Waals surface area contributed by atoms with E-state index in [0.29, 0.717) is 30.7 Å². The van der Waals surface area contributed by atoms with Crippen LogP contribution in [0.4, 0.5) is 0 Å². The van der Waals surface area contributed by atoms with Crippen LogP contribution in [-0.4, -0.2) is 44.3 Å². The third kappa shape index (κ3) is 3.39. The average molecular weight is 351 g/mol. The Kier molecular flexibility index (Phi) is 4.95. The Balaban J connectivity index is 1.77. The fourth-order valence-corrected chi connectivity index (χ4v) is 3.86. The van der Waals surface area contributed by atoms with Crippen molar-refractivity contribution in [2.75, 3.05) is 12.3 Å². The number of hydroxylamine groups is 2. The van der Waals surface area contributed by atoms with Gasteiger partial charge in [-0.1, -0.05) is 11.1 Å². The summed E-state index contributed by atoms with van der Waals surface area (Å²) in [5, 5.41) is 2.14. The van der Waals surface area contributed by atoms with E-state index < -0.39 is 18.2 Å². The van der Waals surface area contributed by atoms with Crippen LogP contribution in [0, 0.1) is 12.3 Å². The van der Waals surface area contributed by atoms with Gasteiger partial charge in [0.1, 0.15) is 10.7 Å². The van der Waals surface area contributed by atoms with Crippen LogP contribution in [0.3, 0.4) is 0 Å². The van der Waals surface area contributed by atoms with E-state index in [0.717, 1.165) is 28.9 Å². The van der Waals surface area contributed by atoms with Crippen molar-refractivity contribution in [2.45, 2.75) is 30.5 Å². The Morgan fingerprint density at radius 1 is 1.43 bits per heavy atom. The average Bonchev–Trinajstić information content (AvgIpc) is 3.00. The smallest absolute Gasteiger partial charge is 0.430 e. The van der Waals surface area contributed by atoms with E-state index in [4.69, 9.17) is 16.0 Å². The second kappa shape index (κ2) is 7.12. The van der Waals surface area contributed by atoms with Crippen LogP contribution in [0.2, 0.25) is 0 Å². The number of carbonyl (C=O) groups excluding carboxylic acids is 2. The topological polar surface area (TPSA) is 81.6 Å².